The van der Waals surface area contributed by atoms with Gasteiger partial charge in [0.2, 0.25) is 0 Å². The van der Waals surface area contributed by atoms with Gasteiger partial charge in [0, 0.05) is 10.9 Å². The van der Waals surface area contributed by atoms with E-state index in [0.717, 1.165) is 22.2 Å². The number of fused-ring (bicyclic) bond motifs is 1. The molecule has 0 aliphatic carbocycles. The van der Waals surface area contributed by atoms with Crippen LogP contribution >= 0.6 is 22.7 Å². The third-order valence-corrected chi connectivity index (χ3v) is 5.94. The van der Waals surface area contributed by atoms with Gasteiger partial charge in [0.05, 0.1) is 21.8 Å². The molecular formula is C21H16N4OS2. The lowest BCUT2D eigenvalue weighted by atomic mass is 10.0. The van der Waals surface area contributed by atoms with Crippen LogP contribution in [0.4, 0.5) is 10.6 Å². The molecule has 2 aromatic heterocycles. The Kier molecular flexibility index (Phi) is 5.06. The highest BCUT2D eigenvalue weighted by Gasteiger charge is 2.12. The molecule has 2 aromatic carbocycles. The van der Waals surface area contributed by atoms with Crippen LogP contribution in [0.3, 0.4) is 0 Å². The minimum Gasteiger partial charge on any atom is -0.331 e. The van der Waals surface area contributed by atoms with Gasteiger partial charge in [0.25, 0.3) is 0 Å². The van der Waals surface area contributed by atoms with E-state index >= 15 is 0 Å². The first-order chi connectivity index (χ1) is 13.6. The van der Waals surface area contributed by atoms with Crippen molar-refractivity contribution in [2.75, 3.05) is 5.32 Å². The standard InChI is InChI=1S/C21H16N4OS2/c1-3-19-24-18(11-27-19)25-21(26)23-13(2)14-7-9-15(10-8-14)16-5-4-6-17-20(16)28-12-22-17/h1,4-13H,2H3,(H2,23,25,26). The smallest absolute Gasteiger partial charge is 0.320 e. The molecule has 4 aromatic rings. The number of anilines is 1. The Hall–Kier alpha value is -3.21. The van der Waals surface area contributed by atoms with Gasteiger partial charge in [-0.2, -0.15) is 0 Å². The molecule has 0 fully saturated rings. The number of aromatic nitrogens is 2. The van der Waals surface area contributed by atoms with E-state index in [2.05, 4.69) is 44.7 Å². The number of hydrogen-bond acceptors (Lipinski definition) is 5. The summed E-state index contributed by atoms with van der Waals surface area (Å²) in [6, 6.07) is 13.9. The van der Waals surface area contributed by atoms with Crippen molar-refractivity contribution in [2.24, 2.45) is 0 Å². The van der Waals surface area contributed by atoms with Gasteiger partial charge in [-0.15, -0.1) is 29.1 Å². The minimum atomic E-state index is -0.320. The van der Waals surface area contributed by atoms with E-state index in [0.29, 0.717) is 10.8 Å². The molecule has 5 nitrogen and oxygen atoms in total. The van der Waals surface area contributed by atoms with Crippen molar-refractivity contribution in [1.29, 1.82) is 0 Å². The molecule has 0 saturated heterocycles. The Morgan fingerprint density at radius 1 is 1.18 bits per heavy atom. The molecule has 0 spiro atoms. The summed E-state index contributed by atoms with van der Waals surface area (Å²) in [5.74, 6) is 2.90. The fourth-order valence-electron chi connectivity index (χ4n) is 2.89. The highest BCUT2D eigenvalue weighted by molar-refractivity contribution is 7.17. The first-order valence-electron chi connectivity index (χ1n) is 8.56. The molecular weight excluding hydrogens is 388 g/mol. The molecule has 1 atom stereocenters. The number of urea groups is 1. The van der Waals surface area contributed by atoms with Crippen molar-refractivity contribution in [3.8, 4) is 23.5 Å². The number of thiazole rings is 2. The fourth-order valence-corrected chi connectivity index (χ4v) is 4.27. The van der Waals surface area contributed by atoms with E-state index < -0.39 is 0 Å². The fraction of sp³-hybridized carbons (Fsp3) is 0.0952. The molecule has 0 saturated carbocycles. The molecule has 2 amide bonds. The van der Waals surface area contributed by atoms with Crippen molar-refractivity contribution in [3.63, 3.8) is 0 Å². The Morgan fingerprint density at radius 3 is 2.75 bits per heavy atom. The Morgan fingerprint density at radius 2 is 2.00 bits per heavy atom. The zero-order chi connectivity index (χ0) is 19.5. The summed E-state index contributed by atoms with van der Waals surface area (Å²) in [5.41, 5.74) is 6.17. The number of nitrogens with one attached hydrogen (secondary N) is 2. The monoisotopic (exact) mass is 404 g/mol. The van der Waals surface area contributed by atoms with Crippen LogP contribution < -0.4 is 10.6 Å². The van der Waals surface area contributed by atoms with Crippen molar-refractivity contribution < 1.29 is 4.79 Å². The van der Waals surface area contributed by atoms with Crippen LogP contribution in [0.5, 0.6) is 0 Å². The highest BCUT2D eigenvalue weighted by Crippen LogP contribution is 2.31. The van der Waals surface area contributed by atoms with Crippen molar-refractivity contribution >= 4 is 44.7 Å². The van der Waals surface area contributed by atoms with E-state index in [1.54, 1.807) is 16.7 Å². The Bertz CT molecular complexity index is 1170. The number of benzene rings is 2. The molecule has 0 radical (unpaired) electrons. The molecule has 4 rings (SSSR count). The summed E-state index contributed by atoms with van der Waals surface area (Å²) in [6.45, 7) is 1.94. The van der Waals surface area contributed by atoms with Crippen molar-refractivity contribution in [1.82, 2.24) is 15.3 Å². The lowest BCUT2D eigenvalue weighted by molar-refractivity contribution is 0.249. The summed E-state index contributed by atoms with van der Waals surface area (Å²) in [4.78, 5) is 20.7. The van der Waals surface area contributed by atoms with E-state index in [-0.39, 0.29) is 12.1 Å². The highest BCUT2D eigenvalue weighted by atomic mass is 32.1. The SMILES string of the molecule is C#Cc1nc(NC(=O)NC(C)c2ccc(-c3cccc4ncsc34)cc2)cs1. The number of carbonyl (C=O) groups excluding carboxylic acids is 1. The van der Waals surface area contributed by atoms with Gasteiger partial charge in [0.15, 0.2) is 5.01 Å². The largest absolute Gasteiger partial charge is 0.331 e. The molecule has 2 heterocycles. The number of carbonyl (C=O) groups is 1. The van der Waals surface area contributed by atoms with Crippen LogP contribution in [-0.4, -0.2) is 16.0 Å². The van der Waals surface area contributed by atoms with E-state index in [1.165, 1.54) is 16.0 Å². The van der Waals surface area contributed by atoms with Gasteiger partial charge >= 0.3 is 6.03 Å². The molecule has 7 heteroatoms. The quantitative estimate of drug-likeness (QED) is 0.455. The molecule has 2 N–H and O–H groups in total. The summed E-state index contributed by atoms with van der Waals surface area (Å²) in [5, 5.41) is 7.86. The van der Waals surface area contributed by atoms with Crippen LogP contribution in [0, 0.1) is 12.3 Å². The van der Waals surface area contributed by atoms with Crippen molar-refractivity contribution in [2.45, 2.75) is 13.0 Å². The van der Waals surface area contributed by atoms with Gasteiger partial charge in [-0.25, -0.2) is 14.8 Å². The summed E-state index contributed by atoms with van der Waals surface area (Å²) in [6.07, 6.45) is 5.30. The third-order valence-electron chi connectivity index (χ3n) is 4.30. The molecule has 0 aliphatic rings. The Labute approximate surface area is 170 Å². The van der Waals surface area contributed by atoms with Gasteiger partial charge < -0.3 is 5.32 Å². The van der Waals surface area contributed by atoms with Gasteiger partial charge in [-0.3, -0.25) is 5.32 Å². The van der Waals surface area contributed by atoms with Gasteiger partial charge in [0.1, 0.15) is 5.82 Å². The topological polar surface area (TPSA) is 66.9 Å². The minimum absolute atomic E-state index is 0.154. The van der Waals surface area contributed by atoms with Crippen LogP contribution in [0.15, 0.2) is 53.4 Å². The lowest BCUT2D eigenvalue weighted by Crippen LogP contribution is -2.31. The predicted molar refractivity (Wildman–Crippen MR) is 116 cm³/mol. The van der Waals surface area contributed by atoms with Crippen LogP contribution in [0.1, 0.15) is 23.5 Å². The average molecular weight is 405 g/mol. The number of hydrogen-bond donors (Lipinski definition) is 2. The second-order valence-corrected chi connectivity index (χ2v) is 7.84. The van der Waals surface area contributed by atoms with Crippen LogP contribution in [0.2, 0.25) is 0 Å². The van der Waals surface area contributed by atoms with Crippen LogP contribution in [-0.2, 0) is 0 Å². The zero-order valence-electron chi connectivity index (χ0n) is 15.0. The van der Waals surface area contributed by atoms with Gasteiger partial charge in [-0.05, 0) is 30.0 Å². The lowest BCUT2D eigenvalue weighted by Gasteiger charge is -2.15. The molecule has 28 heavy (non-hydrogen) atoms. The van der Waals surface area contributed by atoms with E-state index in [1.807, 2.05) is 36.7 Å². The second-order valence-electron chi connectivity index (χ2n) is 6.13. The maximum absolute atomic E-state index is 12.2. The molecule has 138 valence electrons. The molecule has 1 unspecified atom stereocenters. The zero-order valence-corrected chi connectivity index (χ0v) is 16.6. The maximum Gasteiger partial charge on any atom is 0.320 e. The van der Waals surface area contributed by atoms with Crippen molar-refractivity contribution in [3.05, 3.63) is 63.9 Å². The summed E-state index contributed by atoms with van der Waals surface area (Å²) in [7, 11) is 0. The summed E-state index contributed by atoms with van der Waals surface area (Å²) >= 11 is 2.95. The maximum atomic E-state index is 12.2. The predicted octanol–water partition coefficient (Wildman–Crippen LogP) is 5.28. The first-order valence-corrected chi connectivity index (χ1v) is 10.3. The summed E-state index contributed by atoms with van der Waals surface area (Å²) < 4.78 is 1.18. The average Bonchev–Trinajstić information content (AvgIpc) is 3.36. The number of rotatable bonds is 4. The van der Waals surface area contributed by atoms with E-state index in [4.69, 9.17) is 6.42 Å². The number of terminal acetylenes is 1. The van der Waals surface area contributed by atoms with Crippen LogP contribution in [0.25, 0.3) is 21.3 Å². The second kappa shape index (κ2) is 7.80. The molecule has 0 bridgehead atoms. The number of amides is 2. The normalized spacial score (nSPS) is 11.7. The first kappa shape index (κ1) is 18.2. The third kappa shape index (κ3) is 3.74. The number of nitrogens with zero attached hydrogens (tertiary/aromatic N) is 2. The Balaban J connectivity index is 1.45. The molecule has 0 aliphatic heterocycles. The van der Waals surface area contributed by atoms with Gasteiger partial charge in [-0.1, -0.05) is 36.4 Å². The van der Waals surface area contributed by atoms with E-state index in [9.17, 15) is 4.79 Å².